The van der Waals surface area contributed by atoms with Crippen molar-refractivity contribution >= 4 is 18.0 Å². The van der Waals surface area contributed by atoms with Crippen molar-refractivity contribution in [1.29, 1.82) is 0 Å². The van der Waals surface area contributed by atoms with Crippen LogP contribution in [0.15, 0.2) is 53.4 Å². The topological polar surface area (TPSA) is 35.5 Å². The van der Waals surface area contributed by atoms with Crippen LogP contribution in [0.5, 0.6) is 11.5 Å². The third kappa shape index (κ3) is 5.99. The summed E-state index contributed by atoms with van der Waals surface area (Å²) < 4.78 is 10.8. The maximum Gasteiger partial charge on any atom is 0.179 e. The van der Waals surface area contributed by atoms with Crippen LogP contribution in [0.25, 0.3) is 0 Å². The highest BCUT2D eigenvalue weighted by Crippen LogP contribution is 2.25. The maximum atomic E-state index is 11.3. The summed E-state index contributed by atoms with van der Waals surface area (Å²) in [6, 6.07) is 15.1. The summed E-state index contributed by atoms with van der Waals surface area (Å²) in [6.45, 7) is 6.11. The molecule has 0 radical (unpaired) electrons. The Bertz CT molecular complexity index is 564. The Hall–Kier alpha value is -1.94. The molecule has 0 saturated heterocycles. The summed E-state index contributed by atoms with van der Waals surface area (Å²) in [5.74, 6) is 2.42. The molecule has 0 spiro atoms. The molecular formula is C19H24O3S. The lowest BCUT2D eigenvalue weighted by molar-refractivity contribution is -0.113. The predicted molar refractivity (Wildman–Crippen MR) is 96.6 cm³/mol. The smallest absolute Gasteiger partial charge is 0.179 e. The maximum absolute atomic E-state index is 11.3. The van der Waals surface area contributed by atoms with Gasteiger partial charge in [0.2, 0.25) is 0 Å². The van der Waals surface area contributed by atoms with Gasteiger partial charge in [-0.1, -0.05) is 32.9 Å². The van der Waals surface area contributed by atoms with E-state index in [1.54, 1.807) is 43.1 Å². The molecule has 0 aliphatic heterocycles. The predicted octanol–water partition coefficient (Wildman–Crippen LogP) is 5.15. The van der Waals surface area contributed by atoms with Crippen molar-refractivity contribution in [2.24, 2.45) is 0 Å². The molecule has 124 valence electrons. The van der Waals surface area contributed by atoms with Crippen LogP contribution in [0.3, 0.4) is 0 Å². The van der Waals surface area contributed by atoms with E-state index in [9.17, 15) is 4.79 Å². The van der Waals surface area contributed by atoms with E-state index in [2.05, 4.69) is 6.92 Å². The summed E-state index contributed by atoms with van der Waals surface area (Å²) in [4.78, 5) is 12.5. The molecule has 1 atom stereocenters. The van der Waals surface area contributed by atoms with E-state index < -0.39 is 6.10 Å². The van der Waals surface area contributed by atoms with Crippen LogP contribution in [-0.2, 0) is 4.79 Å². The van der Waals surface area contributed by atoms with Crippen LogP contribution >= 0.6 is 11.8 Å². The average Bonchev–Trinajstić information content (AvgIpc) is 2.63. The van der Waals surface area contributed by atoms with Gasteiger partial charge in [-0.3, -0.25) is 4.79 Å². The third-order valence-corrected chi connectivity index (χ3v) is 3.86. The first-order chi connectivity index (χ1) is 11.3. The summed E-state index contributed by atoms with van der Waals surface area (Å²) in [7, 11) is 1.61. The van der Waals surface area contributed by atoms with Crippen LogP contribution in [0.2, 0.25) is 0 Å². The molecule has 0 aliphatic rings. The molecule has 0 aliphatic carbocycles. The number of hydrogen-bond donors (Lipinski definition) is 0. The normalized spacial score (nSPS) is 11.0. The fourth-order valence-corrected chi connectivity index (χ4v) is 2.56. The van der Waals surface area contributed by atoms with Crippen molar-refractivity contribution in [2.45, 2.75) is 31.8 Å². The van der Waals surface area contributed by atoms with Gasteiger partial charge in [0.05, 0.1) is 7.11 Å². The highest BCUT2D eigenvalue weighted by atomic mass is 32.2. The van der Waals surface area contributed by atoms with Crippen molar-refractivity contribution in [3.05, 3.63) is 54.1 Å². The van der Waals surface area contributed by atoms with Crippen molar-refractivity contribution in [2.75, 3.05) is 12.9 Å². The van der Waals surface area contributed by atoms with E-state index in [0.29, 0.717) is 5.75 Å². The van der Waals surface area contributed by atoms with Crippen LogP contribution < -0.4 is 9.47 Å². The number of hydrogen-bond acceptors (Lipinski definition) is 4. The van der Waals surface area contributed by atoms with Crippen molar-refractivity contribution in [1.82, 2.24) is 0 Å². The highest BCUT2D eigenvalue weighted by molar-refractivity contribution is 7.99. The lowest BCUT2D eigenvalue weighted by Gasteiger charge is -2.14. The number of rotatable bonds is 7. The van der Waals surface area contributed by atoms with Gasteiger partial charge < -0.3 is 9.47 Å². The minimum atomic E-state index is -0.598. The number of thioether (sulfide) groups is 1. The Morgan fingerprint density at radius 2 is 1.57 bits per heavy atom. The van der Waals surface area contributed by atoms with Gasteiger partial charge in [-0.05, 0) is 47.7 Å². The zero-order valence-corrected chi connectivity index (χ0v) is 14.9. The van der Waals surface area contributed by atoms with Crippen LogP contribution in [-0.4, -0.2) is 19.1 Å². The van der Waals surface area contributed by atoms with Gasteiger partial charge in [0.1, 0.15) is 11.5 Å². The van der Waals surface area contributed by atoms with E-state index in [-0.39, 0.29) is 0 Å². The van der Waals surface area contributed by atoms with Crippen LogP contribution in [0.1, 0.15) is 32.4 Å². The zero-order valence-electron chi connectivity index (χ0n) is 14.1. The van der Waals surface area contributed by atoms with Gasteiger partial charge in [-0.25, -0.2) is 0 Å². The summed E-state index contributed by atoms with van der Waals surface area (Å²) in [5, 5.41) is 0. The molecule has 23 heavy (non-hydrogen) atoms. The monoisotopic (exact) mass is 332 g/mol. The second kappa shape index (κ2) is 10.7. The number of carbonyl (C=O) groups is 1. The zero-order chi connectivity index (χ0) is 17.1. The first-order valence-corrected chi connectivity index (χ1v) is 8.74. The second-order valence-corrected chi connectivity index (χ2v) is 5.69. The average molecular weight is 332 g/mol. The van der Waals surface area contributed by atoms with Crippen molar-refractivity contribution in [3.63, 3.8) is 0 Å². The van der Waals surface area contributed by atoms with Crippen LogP contribution in [0.4, 0.5) is 0 Å². The van der Waals surface area contributed by atoms with Crippen LogP contribution in [0, 0.1) is 0 Å². The second-order valence-electron chi connectivity index (χ2n) is 4.35. The first-order valence-electron chi connectivity index (χ1n) is 7.75. The highest BCUT2D eigenvalue weighted by Gasteiger charge is 2.12. The molecule has 4 heteroatoms. The van der Waals surface area contributed by atoms with Gasteiger partial charge in [0.25, 0.3) is 0 Å². The van der Waals surface area contributed by atoms with Gasteiger partial charge in [-0.15, -0.1) is 11.8 Å². The first kappa shape index (κ1) is 19.1. The molecule has 2 aromatic rings. The minimum Gasteiger partial charge on any atom is -0.497 e. The lowest BCUT2D eigenvalue weighted by atomic mass is 10.1. The molecular weight excluding hydrogens is 308 g/mol. The summed E-state index contributed by atoms with van der Waals surface area (Å²) >= 11 is 1.77. The number of benzene rings is 2. The van der Waals surface area contributed by atoms with Gasteiger partial charge in [0, 0.05) is 4.90 Å². The van der Waals surface area contributed by atoms with Gasteiger partial charge in [0.15, 0.2) is 12.4 Å². The molecule has 0 amide bonds. The Labute approximate surface area is 143 Å². The number of ether oxygens (including phenoxy) is 2. The lowest BCUT2D eigenvalue weighted by Crippen LogP contribution is -2.08. The molecule has 0 heterocycles. The molecule has 0 N–H and O–H groups in total. The molecule has 0 aromatic heterocycles. The largest absolute Gasteiger partial charge is 0.497 e. The van der Waals surface area contributed by atoms with E-state index in [1.807, 2.05) is 38.1 Å². The number of methoxy groups -OCH3 is 1. The molecule has 0 fully saturated rings. The Kier molecular flexibility index (Phi) is 8.91. The molecule has 0 bridgehead atoms. The van der Waals surface area contributed by atoms with Crippen molar-refractivity contribution < 1.29 is 14.3 Å². The Morgan fingerprint density at radius 1 is 1.00 bits per heavy atom. The fourth-order valence-electron chi connectivity index (χ4n) is 1.90. The molecule has 2 aromatic carbocycles. The van der Waals surface area contributed by atoms with Crippen molar-refractivity contribution in [3.8, 4) is 11.5 Å². The Balaban J connectivity index is 0.00000127. The summed E-state index contributed by atoms with van der Waals surface area (Å²) in [6.07, 6.45) is 0.214. The van der Waals surface area contributed by atoms with E-state index >= 15 is 0 Å². The SMILES string of the molecule is CC.CCSc1ccc(C(C=O)Oc2ccc(OC)cc2)cc1. The van der Waals surface area contributed by atoms with E-state index in [4.69, 9.17) is 9.47 Å². The summed E-state index contributed by atoms with van der Waals surface area (Å²) in [5.41, 5.74) is 0.848. The Morgan fingerprint density at radius 3 is 2.04 bits per heavy atom. The minimum absolute atomic E-state index is 0.598. The van der Waals surface area contributed by atoms with Gasteiger partial charge in [-0.2, -0.15) is 0 Å². The quantitative estimate of drug-likeness (QED) is 0.519. The van der Waals surface area contributed by atoms with E-state index in [1.165, 1.54) is 4.90 Å². The number of carbonyl (C=O) groups excluding carboxylic acids is 1. The third-order valence-electron chi connectivity index (χ3n) is 2.97. The fraction of sp³-hybridized carbons (Fsp3) is 0.316. The molecule has 2 rings (SSSR count). The molecule has 0 saturated carbocycles. The number of aldehydes is 1. The molecule has 1 unspecified atom stereocenters. The molecule has 3 nitrogen and oxygen atoms in total. The van der Waals surface area contributed by atoms with Gasteiger partial charge >= 0.3 is 0 Å². The standard InChI is InChI=1S/C17H18O3S.C2H6/c1-3-21-16-10-4-13(5-11-16)17(12-18)20-15-8-6-14(19-2)7-9-15;1-2/h4-12,17H,3H2,1-2H3;1-2H3. The van der Waals surface area contributed by atoms with E-state index in [0.717, 1.165) is 23.4 Å².